The third-order valence-corrected chi connectivity index (χ3v) is 2.45. The molecule has 106 valence electrons. The standard InChI is InChI=1S/C13H14F2N4O/c1-8-6-12(16-4-5-20)19-13(17-8)18-9-2-3-10(14)11(15)7-9/h2-3,6-7,20H,4-5H2,1H3,(H2,16,17,18,19). The Kier molecular flexibility index (Phi) is 4.41. The lowest BCUT2D eigenvalue weighted by atomic mass is 10.3. The van der Waals surface area contributed by atoms with Gasteiger partial charge in [0.05, 0.1) is 6.61 Å². The molecular weight excluding hydrogens is 266 g/mol. The number of benzene rings is 1. The van der Waals surface area contributed by atoms with Crippen LogP contribution in [-0.2, 0) is 0 Å². The third-order valence-electron chi connectivity index (χ3n) is 2.45. The third kappa shape index (κ3) is 3.61. The summed E-state index contributed by atoms with van der Waals surface area (Å²) in [6, 6.07) is 5.16. The Morgan fingerprint density at radius 2 is 1.95 bits per heavy atom. The van der Waals surface area contributed by atoms with Crippen LogP contribution >= 0.6 is 0 Å². The van der Waals surface area contributed by atoms with Crippen molar-refractivity contribution in [1.82, 2.24) is 9.97 Å². The lowest BCUT2D eigenvalue weighted by molar-refractivity contribution is 0.311. The molecule has 0 saturated carbocycles. The Hall–Kier alpha value is -2.28. The lowest BCUT2D eigenvalue weighted by Gasteiger charge is -2.09. The molecule has 0 amide bonds. The van der Waals surface area contributed by atoms with Crippen LogP contribution in [0.3, 0.4) is 0 Å². The van der Waals surface area contributed by atoms with Gasteiger partial charge in [-0.1, -0.05) is 0 Å². The second kappa shape index (κ2) is 6.25. The summed E-state index contributed by atoms with van der Waals surface area (Å²) in [6.07, 6.45) is 0. The summed E-state index contributed by atoms with van der Waals surface area (Å²) in [7, 11) is 0. The normalized spacial score (nSPS) is 10.4. The maximum absolute atomic E-state index is 13.1. The summed E-state index contributed by atoms with van der Waals surface area (Å²) >= 11 is 0. The number of aliphatic hydroxyl groups is 1. The molecule has 0 atom stereocenters. The zero-order chi connectivity index (χ0) is 14.5. The van der Waals surface area contributed by atoms with Crippen LogP contribution in [0, 0.1) is 18.6 Å². The van der Waals surface area contributed by atoms with Crippen molar-refractivity contribution in [2.24, 2.45) is 0 Å². The quantitative estimate of drug-likeness (QED) is 0.783. The molecule has 0 fully saturated rings. The van der Waals surface area contributed by atoms with Gasteiger partial charge in [-0.25, -0.2) is 13.8 Å². The fourth-order valence-electron chi connectivity index (χ4n) is 1.60. The number of aliphatic hydroxyl groups excluding tert-OH is 1. The van der Waals surface area contributed by atoms with E-state index in [0.29, 0.717) is 23.7 Å². The molecule has 0 saturated heterocycles. The Morgan fingerprint density at radius 1 is 1.15 bits per heavy atom. The SMILES string of the molecule is Cc1cc(NCCO)nc(Nc2ccc(F)c(F)c2)n1. The molecule has 0 spiro atoms. The summed E-state index contributed by atoms with van der Waals surface area (Å²) in [5.41, 5.74) is 1.05. The van der Waals surface area contributed by atoms with Crippen LogP contribution in [0.2, 0.25) is 0 Å². The molecule has 1 aromatic heterocycles. The van der Waals surface area contributed by atoms with Gasteiger partial charge in [0, 0.05) is 30.1 Å². The molecule has 0 unspecified atom stereocenters. The molecule has 0 aliphatic heterocycles. The maximum atomic E-state index is 13.1. The van der Waals surface area contributed by atoms with Gasteiger partial charge in [0.25, 0.3) is 0 Å². The molecule has 1 aromatic carbocycles. The van der Waals surface area contributed by atoms with E-state index in [9.17, 15) is 8.78 Å². The van der Waals surface area contributed by atoms with Crippen molar-refractivity contribution in [3.63, 3.8) is 0 Å². The number of halogens is 2. The molecule has 0 radical (unpaired) electrons. The van der Waals surface area contributed by atoms with E-state index in [1.165, 1.54) is 6.07 Å². The Morgan fingerprint density at radius 3 is 2.65 bits per heavy atom. The van der Waals surface area contributed by atoms with Crippen molar-refractivity contribution >= 4 is 17.5 Å². The molecule has 0 bridgehead atoms. The van der Waals surface area contributed by atoms with Crippen LogP contribution < -0.4 is 10.6 Å². The molecule has 2 rings (SSSR count). The van der Waals surface area contributed by atoms with Crippen LogP contribution in [0.4, 0.5) is 26.2 Å². The van der Waals surface area contributed by atoms with Crippen LogP contribution in [0.15, 0.2) is 24.3 Å². The Bertz CT molecular complexity index is 607. The van der Waals surface area contributed by atoms with Gasteiger partial charge in [-0.05, 0) is 19.1 Å². The van der Waals surface area contributed by atoms with Crippen molar-refractivity contribution < 1.29 is 13.9 Å². The number of aryl methyl sites for hydroxylation is 1. The summed E-state index contributed by atoms with van der Waals surface area (Å²) in [5, 5.41) is 14.5. The molecule has 7 heteroatoms. The Labute approximate surface area is 114 Å². The topological polar surface area (TPSA) is 70.1 Å². The zero-order valence-electron chi connectivity index (χ0n) is 10.8. The number of anilines is 3. The van der Waals surface area contributed by atoms with Crippen molar-refractivity contribution in [2.75, 3.05) is 23.8 Å². The highest BCUT2D eigenvalue weighted by Gasteiger charge is 2.06. The summed E-state index contributed by atoms with van der Waals surface area (Å²) < 4.78 is 25.9. The minimum absolute atomic E-state index is 0.0189. The van der Waals surface area contributed by atoms with Gasteiger partial charge >= 0.3 is 0 Å². The molecular formula is C13H14F2N4O. The van der Waals surface area contributed by atoms with Crippen LogP contribution in [0.5, 0.6) is 0 Å². The van der Waals surface area contributed by atoms with Gasteiger partial charge in [-0.2, -0.15) is 4.98 Å². The maximum Gasteiger partial charge on any atom is 0.229 e. The average molecular weight is 280 g/mol. The summed E-state index contributed by atoms with van der Waals surface area (Å²) in [6.45, 7) is 2.12. The van der Waals surface area contributed by atoms with E-state index in [4.69, 9.17) is 5.11 Å². The molecule has 5 nitrogen and oxygen atoms in total. The molecule has 1 heterocycles. The minimum Gasteiger partial charge on any atom is -0.395 e. The number of rotatable bonds is 5. The molecule has 3 N–H and O–H groups in total. The van der Waals surface area contributed by atoms with E-state index >= 15 is 0 Å². The predicted molar refractivity (Wildman–Crippen MR) is 72.0 cm³/mol. The monoisotopic (exact) mass is 280 g/mol. The van der Waals surface area contributed by atoms with E-state index < -0.39 is 11.6 Å². The van der Waals surface area contributed by atoms with Crippen molar-refractivity contribution in [3.8, 4) is 0 Å². The number of nitrogens with zero attached hydrogens (tertiary/aromatic N) is 2. The van der Waals surface area contributed by atoms with Gasteiger partial charge in [-0.15, -0.1) is 0 Å². The number of hydrogen-bond acceptors (Lipinski definition) is 5. The second-order valence-electron chi connectivity index (χ2n) is 4.12. The van der Waals surface area contributed by atoms with Gasteiger partial charge in [0.2, 0.25) is 5.95 Å². The van der Waals surface area contributed by atoms with E-state index in [1.807, 2.05) is 0 Å². The first-order valence-corrected chi connectivity index (χ1v) is 6.01. The lowest BCUT2D eigenvalue weighted by Crippen LogP contribution is -2.09. The Balaban J connectivity index is 2.19. The van der Waals surface area contributed by atoms with E-state index in [2.05, 4.69) is 20.6 Å². The largest absolute Gasteiger partial charge is 0.395 e. The van der Waals surface area contributed by atoms with Gasteiger partial charge in [0.15, 0.2) is 11.6 Å². The molecule has 20 heavy (non-hydrogen) atoms. The minimum atomic E-state index is -0.943. The second-order valence-corrected chi connectivity index (χ2v) is 4.12. The summed E-state index contributed by atoms with van der Waals surface area (Å²) in [5.74, 6) is -1.06. The van der Waals surface area contributed by atoms with Gasteiger partial charge in [-0.3, -0.25) is 0 Å². The van der Waals surface area contributed by atoms with Crippen molar-refractivity contribution in [1.29, 1.82) is 0 Å². The highest BCUT2D eigenvalue weighted by molar-refractivity contribution is 5.55. The van der Waals surface area contributed by atoms with Crippen molar-refractivity contribution in [2.45, 2.75) is 6.92 Å². The highest BCUT2D eigenvalue weighted by atomic mass is 19.2. The van der Waals surface area contributed by atoms with Crippen LogP contribution in [-0.4, -0.2) is 28.2 Å². The smallest absolute Gasteiger partial charge is 0.229 e. The van der Waals surface area contributed by atoms with Gasteiger partial charge in [0.1, 0.15) is 5.82 Å². The van der Waals surface area contributed by atoms with E-state index in [0.717, 1.165) is 12.1 Å². The molecule has 2 aromatic rings. The number of hydrogen-bond donors (Lipinski definition) is 3. The van der Waals surface area contributed by atoms with Crippen LogP contribution in [0.25, 0.3) is 0 Å². The number of nitrogens with one attached hydrogen (secondary N) is 2. The molecule has 0 aliphatic carbocycles. The highest BCUT2D eigenvalue weighted by Crippen LogP contribution is 2.18. The number of aromatic nitrogens is 2. The first kappa shape index (κ1) is 14.1. The first-order chi connectivity index (χ1) is 9.58. The zero-order valence-corrected chi connectivity index (χ0v) is 10.8. The van der Waals surface area contributed by atoms with E-state index in [-0.39, 0.29) is 12.6 Å². The van der Waals surface area contributed by atoms with Crippen LogP contribution in [0.1, 0.15) is 5.69 Å². The van der Waals surface area contributed by atoms with Gasteiger partial charge < -0.3 is 15.7 Å². The molecule has 0 aliphatic rings. The predicted octanol–water partition coefficient (Wildman–Crippen LogP) is 2.21. The first-order valence-electron chi connectivity index (χ1n) is 6.01. The fraction of sp³-hybridized carbons (Fsp3) is 0.231. The fourth-order valence-corrected chi connectivity index (χ4v) is 1.60. The van der Waals surface area contributed by atoms with Crippen molar-refractivity contribution in [3.05, 3.63) is 41.6 Å². The average Bonchev–Trinajstić information content (AvgIpc) is 2.40. The summed E-state index contributed by atoms with van der Waals surface area (Å²) in [4.78, 5) is 8.31. The van der Waals surface area contributed by atoms with E-state index in [1.54, 1.807) is 13.0 Å².